The highest BCUT2D eigenvalue weighted by molar-refractivity contribution is 7.22. The molecule has 6 heteroatoms. The van der Waals surface area contributed by atoms with Crippen molar-refractivity contribution in [1.29, 1.82) is 0 Å². The molecule has 0 unspecified atom stereocenters. The van der Waals surface area contributed by atoms with Gasteiger partial charge >= 0.3 is 0 Å². The molecule has 0 fully saturated rings. The summed E-state index contributed by atoms with van der Waals surface area (Å²) < 4.78 is 1.01. The molecule has 100 valence electrons. The minimum absolute atomic E-state index is 0.120. The number of fused-ring (bicyclic) bond motifs is 1. The molecule has 1 N–H and O–H groups in total. The van der Waals surface area contributed by atoms with E-state index in [0.717, 1.165) is 21.3 Å². The van der Waals surface area contributed by atoms with Crippen LogP contribution < -0.4 is 5.32 Å². The van der Waals surface area contributed by atoms with Gasteiger partial charge in [-0.25, -0.2) is 9.97 Å². The number of nitrogens with zero attached hydrogens (tertiary/aromatic N) is 2. The Bertz CT molecular complexity index is 800. The smallest absolute Gasteiger partial charge is 0.223 e. The van der Waals surface area contributed by atoms with Crippen LogP contribution in [0.3, 0.4) is 0 Å². The topological polar surface area (TPSA) is 54.9 Å². The molecular weight excluding hydrogens is 294 g/mol. The Kier molecular flexibility index (Phi) is 3.38. The molecule has 0 radical (unpaired) electrons. The number of nitrogens with one attached hydrogen (secondary N) is 1. The Labute approximate surface area is 124 Å². The van der Waals surface area contributed by atoms with E-state index in [1.54, 1.807) is 6.20 Å². The maximum atomic E-state index is 11.0. The van der Waals surface area contributed by atoms with E-state index in [1.807, 2.05) is 30.3 Å². The van der Waals surface area contributed by atoms with Crippen LogP contribution in [-0.4, -0.2) is 15.9 Å². The third kappa shape index (κ3) is 2.64. The zero-order chi connectivity index (χ0) is 14.1. The molecule has 0 spiro atoms. The molecule has 0 atom stereocenters. The van der Waals surface area contributed by atoms with E-state index >= 15 is 0 Å². The summed E-state index contributed by atoms with van der Waals surface area (Å²) in [6, 6.07) is 9.66. The van der Waals surface area contributed by atoms with Gasteiger partial charge in [-0.05, 0) is 35.4 Å². The molecule has 0 bridgehead atoms. The van der Waals surface area contributed by atoms with E-state index in [-0.39, 0.29) is 5.91 Å². The lowest BCUT2D eigenvalue weighted by atomic mass is 10.1. The Hall–Kier alpha value is -1.98. The van der Waals surface area contributed by atoms with Crippen molar-refractivity contribution in [2.75, 3.05) is 5.32 Å². The van der Waals surface area contributed by atoms with Gasteiger partial charge in [-0.15, -0.1) is 0 Å². The van der Waals surface area contributed by atoms with E-state index in [4.69, 9.17) is 11.6 Å². The molecule has 1 aromatic carbocycles. The minimum Gasteiger partial charge on any atom is -0.302 e. The predicted molar refractivity (Wildman–Crippen MR) is 82.2 cm³/mol. The van der Waals surface area contributed by atoms with Crippen molar-refractivity contribution in [2.24, 2.45) is 0 Å². The van der Waals surface area contributed by atoms with Crippen molar-refractivity contribution < 1.29 is 4.79 Å². The van der Waals surface area contributed by atoms with Gasteiger partial charge in [-0.1, -0.05) is 29.0 Å². The zero-order valence-corrected chi connectivity index (χ0v) is 12.1. The first-order valence-electron chi connectivity index (χ1n) is 5.92. The second-order valence-electron chi connectivity index (χ2n) is 4.25. The Morgan fingerprint density at radius 3 is 2.80 bits per heavy atom. The van der Waals surface area contributed by atoms with Crippen molar-refractivity contribution in [3.05, 3.63) is 41.7 Å². The van der Waals surface area contributed by atoms with Crippen LogP contribution in [0.4, 0.5) is 5.13 Å². The van der Waals surface area contributed by atoms with Crippen LogP contribution in [0, 0.1) is 0 Å². The first-order chi connectivity index (χ1) is 9.61. The summed E-state index contributed by atoms with van der Waals surface area (Å²) in [5.41, 5.74) is 2.91. The number of carbonyl (C=O) groups excluding carboxylic acids is 1. The summed E-state index contributed by atoms with van der Waals surface area (Å²) in [5.74, 6) is -0.120. The highest BCUT2D eigenvalue weighted by Crippen LogP contribution is 2.30. The van der Waals surface area contributed by atoms with Crippen LogP contribution in [0.1, 0.15) is 6.92 Å². The second kappa shape index (κ2) is 5.19. The first-order valence-corrected chi connectivity index (χ1v) is 7.11. The van der Waals surface area contributed by atoms with Crippen molar-refractivity contribution in [2.45, 2.75) is 6.92 Å². The van der Waals surface area contributed by atoms with Gasteiger partial charge in [0.1, 0.15) is 5.15 Å². The van der Waals surface area contributed by atoms with E-state index in [0.29, 0.717) is 10.3 Å². The molecule has 20 heavy (non-hydrogen) atoms. The number of thiazole rings is 1. The lowest BCUT2D eigenvalue weighted by molar-refractivity contribution is -0.114. The maximum Gasteiger partial charge on any atom is 0.223 e. The molecule has 1 amide bonds. The average Bonchev–Trinajstić information content (AvgIpc) is 2.78. The molecule has 2 aromatic heterocycles. The van der Waals surface area contributed by atoms with Crippen molar-refractivity contribution in [1.82, 2.24) is 9.97 Å². The van der Waals surface area contributed by atoms with Gasteiger partial charge in [-0.3, -0.25) is 4.79 Å². The summed E-state index contributed by atoms with van der Waals surface area (Å²) in [6.45, 7) is 1.47. The number of amides is 1. The zero-order valence-electron chi connectivity index (χ0n) is 10.6. The maximum absolute atomic E-state index is 11.0. The van der Waals surface area contributed by atoms with Crippen molar-refractivity contribution >= 4 is 44.2 Å². The third-order valence-electron chi connectivity index (χ3n) is 2.73. The molecule has 3 rings (SSSR count). The number of halogens is 1. The van der Waals surface area contributed by atoms with E-state index in [2.05, 4.69) is 15.3 Å². The third-order valence-corrected chi connectivity index (χ3v) is 3.87. The normalized spacial score (nSPS) is 10.7. The molecule has 0 saturated heterocycles. The van der Waals surface area contributed by atoms with Crippen molar-refractivity contribution in [3.63, 3.8) is 0 Å². The minimum atomic E-state index is -0.120. The van der Waals surface area contributed by atoms with Gasteiger partial charge < -0.3 is 5.32 Å². The number of benzene rings is 1. The molecule has 0 saturated carbocycles. The second-order valence-corrected chi connectivity index (χ2v) is 5.67. The fourth-order valence-corrected chi connectivity index (χ4v) is 3.02. The monoisotopic (exact) mass is 303 g/mol. The number of rotatable bonds is 2. The lowest BCUT2D eigenvalue weighted by Crippen LogP contribution is -2.04. The SMILES string of the molecule is CC(=O)Nc1nc2ccc(-c3ccnc(Cl)c3)cc2s1. The molecule has 4 nitrogen and oxygen atoms in total. The molecular formula is C14H10ClN3OS. The predicted octanol–water partition coefficient (Wildman–Crippen LogP) is 3.97. The van der Waals surface area contributed by atoms with E-state index < -0.39 is 0 Å². The molecule has 3 aromatic rings. The molecule has 0 aliphatic carbocycles. The fourth-order valence-electron chi connectivity index (χ4n) is 1.89. The van der Waals surface area contributed by atoms with Crippen LogP contribution in [0.25, 0.3) is 21.3 Å². The average molecular weight is 304 g/mol. The Balaban J connectivity index is 2.04. The summed E-state index contributed by atoms with van der Waals surface area (Å²) in [6.07, 6.45) is 1.68. The quantitative estimate of drug-likeness (QED) is 0.729. The number of hydrogen-bond acceptors (Lipinski definition) is 4. The van der Waals surface area contributed by atoms with E-state index in [9.17, 15) is 4.79 Å². The van der Waals surface area contributed by atoms with Crippen LogP contribution in [-0.2, 0) is 4.79 Å². The van der Waals surface area contributed by atoms with E-state index in [1.165, 1.54) is 18.3 Å². The van der Waals surface area contributed by atoms with Gasteiger partial charge in [0.2, 0.25) is 5.91 Å². The van der Waals surface area contributed by atoms with Gasteiger partial charge in [0.25, 0.3) is 0 Å². The standard InChI is InChI=1S/C14H10ClN3OS/c1-8(19)17-14-18-11-3-2-9(6-12(11)20-14)10-4-5-16-13(15)7-10/h2-7H,1H3,(H,17,18,19). The molecule has 0 aliphatic rings. The number of hydrogen-bond donors (Lipinski definition) is 1. The number of aromatic nitrogens is 2. The largest absolute Gasteiger partial charge is 0.302 e. The van der Waals surface area contributed by atoms with Crippen LogP contribution >= 0.6 is 22.9 Å². The lowest BCUT2D eigenvalue weighted by Gasteiger charge is -2.01. The highest BCUT2D eigenvalue weighted by Gasteiger charge is 2.07. The molecule has 0 aliphatic heterocycles. The Morgan fingerprint density at radius 1 is 1.25 bits per heavy atom. The van der Waals surface area contributed by atoms with Gasteiger partial charge in [0.15, 0.2) is 5.13 Å². The summed E-state index contributed by atoms with van der Waals surface area (Å²) in [4.78, 5) is 19.4. The summed E-state index contributed by atoms with van der Waals surface area (Å²) >= 11 is 7.35. The van der Waals surface area contributed by atoms with Crippen LogP contribution in [0.5, 0.6) is 0 Å². The van der Waals surface area contributed by atoms with Gasteiger partial charge in [-0.2, -0.15) is 0 Å². The Morgan fingerprint density at radius 2 is 2.05 bits per heavy atom. The number of anilines is 1. The van der Waals surface area contributed by atoms with Crippen LogP contribution in [0.2, 0.25) is 5.15 Å². The fraction of sp³-hybridized carbons (Fsp3) is 0.0714. The first kappa shape index (κ1) is 13.0. The highest BCUT2D eigenvalue weighted by atomic mass is 35.5. The van der Waals surface area contributed by atoms with Crippen molar-refractivity contribution in [3.8, 4) is 11.1 Å². The number of carbonyl (C=O) groups is 1. The summed E-state index contributed by atoms with van der Waals surface area (Å²) in [7, 11) is 0. The van der Waals surface area contributed by atoms with Gasteiger partial charge in [0.05, 0.1) is 10.2 Å². The number of pyridine rings is 1. The van der Waals surface area contributed by atoms with Crippen LogP contribution in [0.15, 0.2) is 36.5 Å². The molecule has 2 heterocycles. The summed E-state index contributed by atoms with van der Waals surface area (Å²) in [5, 5.41) is 3.77. The van der Waals surface area contributed by atoms with Gasteiger partial charge in [0, 0.05) is 13.1 Å².